The number of halogens is 1. The van der Waals surface area contributed by atoms with E-state index < -0.39 is 0 Å². The first-order valence-corrected chi connectivity index (χ1v) is 9.55. The Kier molecular flexibility index (Phi) is 8.14. The predicted molar refractivity (Wildman–Crippen MR) is 113 cm³/mol. The van der Waals surface area contributed by atoms with Gasteiger partial charge in [-0.05, 0) is 49.2 Å². The summed E-state index contributed by atoms with van der Waals surface area (Å²) < 4.78 is 0. The summed E-state index contributed by atoms with van der Waals surface area (Å²) in [7, 11) is 0. The Morgan fingerprint density at radius 3 is 2.37 bits per heavy atom. The number of amides is 2. The Bertz CT molecular complexity index is 793. The van der Waals surface area contributed by atoms with Crippen molar-refractivity contribution in [3.8, 4) is 0 Å². The largest absolute Gasteiger partial charge is 0.376 e. The molecule has 6 heteroatoms. The van der Waals surface area contributed by atoms with Gasteiger partial charge in [0.25, 0.3) is 0 Å². The number of rotatable bonds is 9. The molecule has 0 spiro atoms. The van der Waals surface area contributed by atoms with Crippen molar-refractivity contribution >= 4 is 40.5 Å². The highest BCUT2D eigenvalue weighted by Gasteiger charge is 2.06. The van der Waals surface area contributed by atoms with Crippen LogP contribution in [0.4, 0.5) is 17.1 Å². The zero-order valence-electron chi connectivity index (χ0n) is 15.8. The molecule has 0 fully saturated rings. The summed E-state index contributed by atoms with van der Waals surface area (Å²) in [6.07, 6.45) is 3.55. The molecule has 0 saturated heterocycles. The molecule has 0 aromatic heterocycles. The molecule has 0 aliphatic carbocycles. The van der Waals surface area contributed by atoms with Gasteiger partial charge in [-0.1, -0.05) is 43.5 Å². The van der Waals surface area contributed by atoms with Crippen LogP contribution in [0, 0.1) is 6.92 Å². The second kappa shape index (κ2) is 10.6. The third-order valence-electron chi connectivity index (χ3n) is 4.06. The van der Waals surface area contributed by atoms with E-state index >= 15 is 0 Å². The highest BCUT2D eigenvalue weighted by molar-refractivity contribution is 6.31. The summed E-state index contributed by atoms with van der Waals surface area (Å²) in [6.45, 7) is 4.13. The average molecular weight is 388 g/mol. The summed E-state index contributed by atoms with van der Waals surface area (Å²) in [4.78, 5) is 24.0. The molecule has 144 valence electrons. The van der Waals surface area contributed by atoms with Crippen LogP contribution in [-0.2, 0) is 9.59 Å². The van der Waals surface area contributed by atoms with E-state index in [-0.39, 0.29) is 18.4 Å². The van der Waals surface area contributed by atoms with Crippen LogP contribution in [0.25, 0.3) is 0 Å². The summed E-state index contributed by atoms with van der Waals surface area (Å²) in [5.41, 5.74) is 3.09. The fourth-order valence-electron chi connectivity index (χ4n) is 2.52. The lowest BCUT2D eigenvalue weighted by atomic mass is 10.2. The molecule has 0 radical (unpaired) electrons. The second-order valence-corrected chi connectivity index (χ2v) is 6.86. The molecule has 0 atom stereocenters. The smallest absolute Gasteiger partial charge is 0.243 e. The van der Waals surface area contributed by atoms with Gasteiger partial charge in [-0.2, -0.15) is 0 Å². The van der Waals surface area contributed by atoms with Gasteiger partial charge in [0.2, 0.25) is 11.8 Å². The zero-order valence-corrected chi connectivity index (χ0v) is 16.5. The molecule has 3 N–H and O–H groups in total. The van der Waals surface area contributed by atoms with E-state index in [9.17, 15) is 9.59 Å². The molecule has 27 heavy (non-hydrogen) atoms. The molecule has 2 amide bonds. The van der Waals surface area contributed by atoms with Gasteiger partial charge in [-0.3, -0.25) is 9.59 Å². The minimum Gasteiger partial charge on any atom is -0.376 e. The maximum atomic E-state index is 12.1. The van der Waals surface area contributed by atoms with Crippen molar-refractivity contribution in [3.63, 3.8) is 0 Å². The lowest BCUT2D eigenvalue weighted by Crippen LogP contribution is -2.21. The van der Waals surface area contributed by atoms with Gasteiger partial charge < -0.3 is 16.0 Å². The van der Waals surface area contributed by atoms with Crippen molar-refractivity contribution in [2.75, 3.05) is 22.5 Å². The van der Waals surface area contributed by atoms with Crippen LogP contribution in [0.2, 0.25) is 5.02 Å². The number of nitrogens with one attached hydrogen (secondary N) is 3. The van der Waals surface area contributed by atoms with Gasteiger partial charge in [0.15, 0.2) is 0 Å². The van der Waals surface area contributed by atoms with Gasteiger partial charge in [-0.25, -0.2) is 0 Å². The lowest BCUT2D eigenvalue weighted by Gasteiger charge is -2.11. The Balaban J connectivity index is 1.83. The number of hydrogen-bond donors (Lipinski definition) is 3. The SMILES string of the molecule is CCCCCC(=O)Nc1cccc(NCC(=O)Nc2ccc(C)c(Cl)c2)c1. The fourth-order valence-corrected chi connectivity index (χ4v) is 2.70. The molecule has 0 saturated carbocycles. The molecule has 0 unspecified atom stereocenters. The van der Waals surface area contributed by atoms with Gasteiger partial charge in [-0.15, -0.1) is 0 Å². The number of benzene rings is 2. The van der Waals surface area contributed by atoms with Crippen LogP contribution >= 0.6 is 11.6 Å². The quantitative estimate of drug-likeness (QED) is 0.517. The topological polar surface area (TPSA) is 70.2 Å². The third-order valence-corrected chi connectivity index (χ3v) is 4.47. The van der Waals surface area contributed by atoms with E-state index in [2.05, 4.69) is 22.9 Å². The number of carbonyl (C=O) groups excluding carboxylic acids is 2. The third kappa shape index (κ3) is 7.31. The Hall–Kier alpha value is -2.53. The summed E-state index contributed by atoms with van der Waals surface area (Å²) in [5.74, 6) is -0.168. The monoisotopic (exact) mass is 387 g/mol. The number of carbonyl (C=O) groups is 2. The molecule has 0 aliphatic rings. The first-order chi connectivity index (χ1) is 13.0. The highest BCUT2D eigenvalue weighted by Crippen LogP contribution is 2.20. The van der Waals surface area contributed by atoms with Crippen molar-refractivity contribution < 1.29 is 9.59 Å². The van der Waals surface area contributed by atoms with Crippen molar-refractivity contribution in [2.24, 2.45) is 0 Å². The minimum absolute atomic E-state index is 0.00888. The molecule has 5 nitrogen and oxygen atoms in total. The maximum Gasteiger partial charge on any atom is 0.243 e. The maximum absolute atomic E-state index is 12.1. The minimum atomic E-state index is -0.177. The molecule has 0 aliphatic heterocycles. The van der Waals surface area contributed by atoms with Gasteiger partial charge >= 0.3 is 0 Å². The van der Waals surface area contributed by atoms with E-state index in [4.69, 9.17) is 11.6 Å². The fraction of sp³-hybridized carbons (Fsp3) is 0.333. The first-order valence-electron chi connectivity index (χ1n) is 9.17. The first kappa shape index (κ1) is 20.8. The summed E-state index contributed by atoms with van der Waals surface area (Å²) >= 11 is 6.07. The molecule has 2 rings (SSSR count). The number of aryl methyl sites for hydroxylation is 1. The standard InChI is InChI=1S/C21H26ClN3O2/c1-3-4-5-9-20(26)24-17-8-6-7-16(12-17)23-14-21(27)25-18-11-10-15(2)19(22)13-18/h6-8,10-13,23H,3-5,9,14H2,1-2H3,(H,24,26)(H,25,27). The van der Waals surface area contributed by atoms with Crippen molar-refractivity contribution in [3.05, 3.63) is 53.1 Å². The van der Waals surface area contributed by atoms with E-state index in [1.54, 1.807) is 6.07 Å². The predicted octanol–water partition coefficient (Wildman–Crippen LogP) is 5.22. The van der Waals surface area contributed by atoms with Crippen LogP contribution in [-0.4, -0.2) is 18.4 Å². The molecule has 2 aromatic rings. The van der Waals surface area contributed by atoms with Gasteiger partial charge in [0, 0.05) is 28.5 Å². The van der Waals surface area contributed by atoms with Crippen LogP contribution in [0.3, 0.4) is 0 Å². The lowest BCUT2D eigenvalue weighted by molar-refractivity contribution is -0.116. The number of anilines is 3. The van der Waals surface area contributed by atoms with Gasteiger partial charge in [0.1, 0.15) is 0 Å². The van der Waals surface area contributed by atoms with Crippen LogP contribution in [0.15, 0.2) is 42.5 Å². The normalized spacial score (nSPS) is 10.3. The molecule has 0 heterocycles. The molecular formula is C21H26ClN3O2. The van der Waals surface area contributed by atoms with E-state index in [1.165, 1.54) is 0 Å². The van der Waals surface area contributed by atoms with Crippen LogP contribution in [0.5, 0.6) is 0 Å². The summed E-state index contributed by atoms with van der Waals surface area (Å²) in [6, 6.07) is 12.7. The van der Waals surface area contributed by atoms with Crippen molar-refractivity contribution in [1.29, 1.82) is 0 Å². The highest BCUT2D eigenvalue weighted by atomic mass is 35.5. The second-order valence-electron chi connectivity index (χ2n) is 6.45. The Morgan fingerprint density at radius 2 is 1.63 bits per heavy atom. The number of hydrogen-bond acceptors (Lipinski definition) is 3. The number of unbranched alkanes of at least 4 members (excludes halogenated alkanes) is 2. The molecular weight excluding hydrogens is 362 g/mol. The van der Waals surface area contributed by atoms with Crippen LogP contribution < -0.4 is 16.0 Å². The van der Waals surface area contributed by atoms with Gasteiger partial charge in [0.05, 0.1) is 6.54 Å². The average Bonchev–Trinajstić information content (AvgIpc) is 2.64. The summed E-state index contributed by atoms with van der Waals surface area (Å²) in [5, 5.41) is 9.36. The van der Waals surface area contributed by atoms with Crippen molar-refractivity contribution in [1.82, 2.24) is 0 Å². The molecule has 0 bridgehead atoms. The van der Waals surface area contributed by atoms with E-state index in [1.807, 2.05) is 43.3 Å². The van der Waals surface area contributed by atoms with Crippen LogP contribution in [0.1, 0.15) is 38.2 Å². The Labute approximate surface area is 165 Å². The Morgan fingerprint density at radius 1 is 0.926 bits per heavy atom. The van der Waals surface area contributed by atoms with E-state index in [0.717, 1.165) is 30.5 Å². The molecule has 2 aromatic carbocycles. The van der Waals surface area contributed by atoms with E-state index in [0.29, 0.717) is 22.8 Å². The van der Waals surface area contributed by atoms with Crippen molar-refractivity contribution in [2.45, 2.75) is 39.5 Å². The zero-order chi connectivity index (χ0) is 19.6.